The Morgan fingerprint density at radius 2 is 2.41 bits per heavy atom. The largest absolute Gasteiger partial charge is 0.496 e. The zero-order chi connectivity index (χ0) is 12.3. The molecular weight excluding hydrogens is 234 g/mol. The third-order valence-electron chi connectivity index (χ3n) is 2.76. The summed E-state index contributed by atoms with van der Waals surface area (Å²) < 4.78 is 7.40. The lowest BCUT2D eigenvalue weighted by molar-refractivity contribution is 0.408. The smallest absolute Gasteiger partial charge is 0.134 e. The number of nitrogens with zero attached hydrogens (tertiary/aromatic N) is 2. The fourth-order valence-electron chi connectivity index (χ4n) is 1.86. The highest BCUT2D eigenvalue weighted by atomic mass is 32.1. The molecular formula is C12H17N3OS. The summed E-state index contributed by atoms with van der Waals surface area (Å²) in [5.41, 5.74) is 6.21. The fourth-order valence-corrected chi connectivity index (χ4v) is 2.72. The maximum atomic E-state index is 6.21. The summed E-state index contributed by atoms with van der Waals surface area (Å²) in [6.45, 7) is 3.02. The number of ether oxygens (including phenoxy) is 1. The summed E-state index contributed by atoms with van der Waals surface area (Å²) in [4.78, 5) is 5.42. The molecule has 1 unspecified atom stereocenters. The van der Waals surface area contributed by atoms with Gasteiger partial charge in [0.05, 0.1) is 12.0 Å². The van der Waals surface area contributed by atoms with Gasteiger partial charge in [0.25, 0.3) is 0 Å². The number of thiophene rings is 1. The number of imidazole rings is 1. The third kappa shape index (κ3) is 2.50. The maximum Gasteiger partial charge on any atom is 0.134 e. The summed E-state index contributed by atoms with van der Waals surface area (Å²) >= 11 is 1.63. The molecule has 92 valence electrons. The van der Waals surface area contributed by atoms with Crippen LogP contribution in [-0.2, 0) is 13.0 Å². The van der Waals surface area contributed by atoms with Crippen LogP contribution in [0.4, 0.5) is 0 Å². The monoisotopic (exact) mass is 251 g/mol. The lowest BCUT2D eigenvalue weighted by atomic mass is 10.1. The minimum Gasteiger partial charge on any atom is -0.496 e. The van der Waals surface area contributed by atoms with Crippen LogP contribution in [0.1, 0.15) is 23.7 Å². The second kappa shape index (κ2) is 5.33. The average Bonchev–Trinajstić information content (AvgIpc) is 2.96. The van der Waals surface area contributed by atoms with Gasteiger partial charge in [0.1, 0.15) is 11.6 Å². The van der Waals surface area contributed by atoms with Crippen molar-refractivity contribution < 1.29 is 4.74 Å². The highest BCUT2D eigenvalue weighted by Gasteiger charge is 2.16. The molecule has 0 radical (unpaired) electrons. The van der Waals surface area contributed by atoms with E-state index in [1.165, 1.54) is 0 Å². The Labute approximate surface area is 105 Å². The van der Waals surface area contributed by atoms with E-state index < -0.39 is 0 Å². The molecule has 0 saturated carbocycles. The van der Waals surface area contributed by atoms with E-state index in [0.29, 0.717) is 0 Å². The van der Waals surface area contributed by atoms with Crippen LogP contribution in [0, 0.1) is 0 Å². The molecule has 4 nitrogen and oxygen atoms in total. The first-order valence-electron chi connectivity index (χ1n) is 5.63. The Bertz CT molecular complexity index is 478. The molecule has 0 saturated heterocycles. The molecule has 0 aromatic carbocycles. The molecule has 0 amide bonds. The standard InChI is InChI=1S/C12H17N3OS/c1-3-15-6-5-14-11(15)8-9(13)12-10(16-2)4-7-17-12/h4-7,9H,3,8,13H2,1-2H3. The SMILES string of the molecule is CCn1ccnc1CC(N)c1sccc1OC. The predicted molar refractivity (Wildman–Crippen MR) is 69.4 cm³/mol. The van der Waals surface area contributed by atoms with Crippen molar-refractivity contribution in [2.24, 2.45) is 5.73 Å². The summed E-state index contributed by atoms with van der Waals surface area (Å²) in [5, 5.41) is 2.00. The van der Waals surface area contributed by atoms with Crippen LogP contribution in [-0.4, -0.2) is 16.7 Å². The van der Waals surface area contributed by atoms with Crippen molar-refractivity contribution in [2.45, 2.75) is 25.9 Å². The molecule has 5 heteroatoms. The van der Waals surface area contributed by atoms with Gasteiger partial charge in [-0.1, -0.05) is 0 Å². The van der Waals surface area contributed by atoms with Crippen molar-refractivity contribution in [3.8, 4) is 5.75 Å². The van der Waals surface area contributed by atoms with E-state index in [4.69, 9.17) is 10.5 Å². The van der Waals surface area contributed by atoms with Gasteiger partial charge in [0, 0.05) is 31.4 Å². The van der Waals surface area contributed by atoms with Crippen LogP contribution in [0.2, 0.25) is 0 Å². The van der Waals surface area contributed by atoms with Crippen molar-refractivity contribution in [2.75, 3.05) is 7.11 Å². The molecule has 2 heterocycles. The number of rotatable bonds is 5. The minimum absolute atomic E-state index is 0.0577. The highest BCUT2D eigenvalue weighted by Crippen LogP contribution is 2.31. The van der Waals surface area contributed by atoms with Gasteiger partial charge in [-0.3, -0.25) is 0 Å². The van der Waals surface area contributed by atoms with Crippen LogP contribution >= 0.6 is 11.3 Å². The van der Waals surface area contributed by atoms with Crippen molar-refractivity contribution >= 4 is 11.3 Å². The lowest BCUT2D eigenvalue weighted by Crippen LogP contribution is -2.15. The molecule has 17 heavy (non-hydrogen) atoms. The summed E-state index contributed by atoms with van der Waals surface area (Å²) in [5.74, 6) is 1.90. The zero-order valence-corrected chi connectivity index (χ0v) is 10.9. The molecule has 0 fully saturated rings. The third-order valence-corrected chi connectivity index (χ3v) is 3.79. The Morgan fingerprint density at radius 3 is 3.12 bits per heavy atom. The van der Waals surface area contributed by atoms with Gasteiger partial charge in [0.2, 0.25) is 0 Å². The van der Waals surface area contributed by atoms with Gasteiger partial charge in [-0.2, -0.15) is 0 Å². The summed E-state index contributed by atoms with van der Waals surface area (Å²) in [6, 6.07) is 1.89. The van der Waals surface area contributed by atoms with E-state index in [9.17, 15) is 0 Å². The van der Waals surface area contributed by atoms with Gasteiger partial charge in [-0.15, -0.1) is 11.3 Å². The molecule has 2 rings (SSSR count). The first kappa shape index (κ1) is 12.1. The van der Waals surface area contributed by atoms with Gasteiger partial charge in [0.15, 0.2) is 0 Å². The quantitative estimate of drug-likeness (QED) is 0.886. The highest BCUT2D eigenvalue weighted by molar-refractivity contribution is 7.10. The van der Waals surface area contributed by atoms with Crippen molar-refractivity contribution in [3.05, 3.63) is 34.5 Å². The number of nitrogens with two attached hydrogens (primary N) is 1. The van der Waals surface area contributed by atoms with E-state index in [1.54, 1.807) is 18.4 Å². The van der Waals surface area contributed by atoms with Crippen molar-refractivity contribution in [1.29, 1.82) is 0 Å². The van der Waals surface area contributed by atoms with E-state index in [0.717, 1.165) is 29.4 Å². The van der Waals surface area contributed by atoms with Gasteiger partial charge in [-0.25, -0.2) is 4.98 Å². The van der Waals surface area contributed by atoms with E-state index >= 15 is 0 Å². The normalized spacial score (nSPS) is 12.6. The van der Waals surface area contributed by atoms with Crippen LogP contribution in [0.3, 0.4) is 0 Å². The Kier molecular flexibility index (Phi) is 3.81. The van der Waals surface area contributed by atoms with E-state index in [1.807, 2.05) is 23.8 Å². The van der Waals surface area contributed by atoms with Gasteiger partial charge >= 0.3 is 0 Å². The predicted octanol–water partition coefficient (Wildman–Crippen LogP) is 2.22. The van der Waals surface area contributed by atoms with Crippen LogP contribution in [0.5, 0.6) is 5.75 Å². The second-order valence-corrected chi connectivity index (χ2v) is 4.74. The maximum absolute atomic E-state index is 6.21. The number of hydrogen-bond acceptors (Lipinski definition) is 4. The van der Waals surface area contributed by atoms with E-state index in [2.05, 4.69) is 16.5 Å². The zero-order valence-electron chi connectivity index (χ0n) is 10.1. The topological polar surface area (TPSA) is 53.1 Å². The molecule has 2 aromatic rings. The lowest BCUT2D eigenvalue weighted by Gasteiger charge is -2.12. The first-order valence-corrected chi connectivity index (χ1v) is 6.51. The van der Waals surface area contributed by atoms with Crippen molar-refractivity contribution in [3.63, 3.8) is 0 Å². The Balaban J connectivity index is 2.14. The van der Waals surface area contributed by atoms with Crippen molar-refractivity contribution in [1.82, 2.24) is 9.55 Å². The van der Waals surface area contributed by atoms with Crippen LogP contribution in [0.15, 0.2) is 23.8 Å². The van der Waals surface area contributed by atoms with Crippen LogP contribution < -0.4 is 10.5 Å². The molecule has 0 aliphatic rings. The number of hydrogen-bond donors (Lipinski definition) is 1. The molecule has 2 N–H and O–H groups in total. The van der Waals surface area contributed by atoms with Gasteiger partial charge in [-0.05, 0) is 18.4 Å². The second-order valence-electron chi connectivity index (χ2n) is 3.79. The van der Waals surface area contributed by atoms with Crippen LogP contribution in [0.25, 0.3) is 0 Å². The Hall–Kier alpha value is -1.33. The molecule has 2 aromatic heterocycles. The molecule has 0 spiro atoms. The molecule has 0 aliphatic heterocycles. The number of methoxy groups -OCH3 is 1. The molecule has 0 bridgehead atoms. The number of aryl methyl sites for hydroxylation is 1. The fraction of sp³-hybridized carbons (Fsp3) is 0.417. The van der Waals surface area contributed by atoms with E-state index in [-0.39, 0.29) is 6.04 Å². The first-order chi connectivity index (χ1) is 8.26. The number of aromatic nitrogens is 2. The average molecular weight is 251 g/mol. The minimum atomic E-state index is -0.0577. The molecule has 1 atom stereocenters. The van der Waals surface area contributed by atoms with Gasteiger partial charge < -0.3 is 15.0 Å². The summed E-state index contributed by atoms with van der Waals surface area (Å²) in [6.07, 6.45) is 4.53. The Morgan fingerprint density at radius 1 is 1.59 bits per heavy atom. The molecule has 0 aliphatic carbocycles. The summed E-state index contributed by atoms with van der Waals surface area (Å²) in [7, 11) is 1.67.